The summed E-state index contributed by atoms with van der Waals surface area (Å²) in [5.41, 5.74) is 0.721. The Hall–Kier alpha value is -1.64. The molecule has 1 N–H and O–H groups in total. The standard InChI is InChI=1S/C15H14Cl2N2O4S/c1-19(23-2)24(21,22)14-5-3-10(4-6-14)15(20)18-13-8-11(16)7-12(17)9-13/h3-9H,1-2H3,(H,18,20). The van der Waals surface area contributed by atoms with Crippen molar-refractivity contribution in [2.24, 2.45) is 0 Å². The van der Waals surface area contributed by atoms with E-state index in [4.69, 9.17) is 23.2 Å². The van der Waals surface area contributed by atoms with Crippen LogP contribution in [-0.4, -0.2) is 33.0 Å². The van der Waals surface area contributed by atoms with Crippen molar-refractivity contribution in [2.75, 3.05) is 19.5 Å². The van der Waals surface area contributed by atoms with Gasteiger partial charge in [-0.1, -0.05) is 27.7 Å². The Morgan fingerprint density at radius 3 is 2.12 bits per heavy atom. The molecule has 6 nitrogen and oxygen atoms in total. The number of amides is 1. The highest BCUT2D eigenvalue weighted by atomic mass is 35.5. The second-order valence-corrected chi connectivity index (χ2v) is 7.54. The number of hydrogen-bond donors (Lipinski definition) is 1. The van der Waals surface area contributed by atoms with Crippen LogP contribution in [0.2, 0.25) is 10.0 Å². The monoisotopic (exact) mass is 388 g/mol. The molecule has 0 heterocycles. The molecule has 24 heavy (non-hydrogen) atoms. The van der Waals surface area contributed by atoms with Crippen LogP contribution < -0.4 is 5.32 Å². The summed E-state index contributed by atoms with van der Waals surface area (Å²) in [6, 6.07) is 10.1. The van der Waals surface area contributed by atoms with Gasteiger partial charge in [0.2, 0.25) is 0 Å². The van der Waals surface area contributed by atoms with E-state index < -0.39 is 15.9 Å². The molecule has 128 valence electrons. The third-order valence-corrected chi connectivity index (χ3v) is 5.26. The largest absolute Gasteiger partial charge is 0.322 e. The number of benzene rings is 2. The average molecular weight is 389 g/mol. The average Bonchev–Trinajstić information content (AvgIpc) is 2.53. The molecule has 0 saturated carbocycles. The fraction of sp³-hybridized carbons (Fsp3) is 0.133. The molecule has 0 unspecified atom stereocenters. The first-order valence-corrected chi connectivity index (χ1v) is 8.84. The third kappa shape index (κ3) is 4.25. The molecule has 2 rings (SSSR count). The highest BCUT2D eigenvalue weighted by Crippen LogP contribution is 2.23. The number of carbonyl (C=O) groups is 1. The lowest BCUT2D eigenvalue weighted by Crippen LogP contribution is -2.25. The van der Waals surface area contributed by atoms with Gasteiger partial charge < -0.3 is 5.32 Å². The van der Waals surface area contributed by atoms with Gasteiger partial charge in [0.1, 0.15) is 0 Å². The van der Waals surface area contributed by atoms with Crippen LogP contribution in [0.3, 0.4) is 0 Å². The van der Waals surface area contributed by atoms with E-state index in [0.29, 0.717) is 15.7 Å². The van der Waals surface area contributed by atoms with Crippen molar-refractivity contribution in [3.63, 3.8) is 0 Å². The zero-order valence-electron chi connectivity index (χ0n) is 12.8. The zero-order valence-corrected chi connectivity index (χ0v) is 15.1. The van der Waals surface area contributed by atoms with E-state index >= 15 is 0 Å². The van der Waals surface area contributed by atoms with Crippen molar-refractivity contribution < 1.29 is 18.0 Å². The van der Waals surface area contributed by atoms with Crippen molar-refractivity contribution in [3.05, 3.63) is 58.1 Å². The van der Waals surface area contributed by atoms with E-state index in [-0.39, 0.29) is 10.5 Å². The maximum absolute atomic E-state index is 12.2. The maximum Gasteiger partial charge on any atom is 0.264 e. The first-order chi connectivity index (χ1) is 11.2. The number of hydroxylamine groups is 1. The van der Waals surface area contributed by atoms with Crippen molar-refractivity contribution in [1.82, 2.24) is 4.47 Å². The summed E-state index contributed by atoms with van der Waals surface area (Å²) in [5, 5.41) is 3.42. The van der Waals surface area contributed by atoms with Gasteiger partial charge in [-0.2, -0.15) is 0 Å². The third-order valence-electron chi connectivity index (χ3n) is 3.13. The zero-order chi connectivity index (χ0) is 17.9. The molecule has 0 aliphatic carbocycles. The summed E-state index contributed by atoms with van der Waals surface area (Å²) in [4.78, 5) is 16.9. The first kappa shape index (κ1) is 18.7. The molecular weight excluding hydrogens is 375 g/mol. The van der Waals surface area contributed by atoms with E-state index in [0.717, 1.165) is 4.47 Å². The Balaban J connectivity index is 2.20. The molecule has 2 aromatic rings. The van der Waals surface area contributed by atoms with Crippen LogP contribution in [0.25, 0.3) is 0 Å². The topological polar surface area (TPSA) is 75.7 Å². The van der Waals surface area contributed by atoms with Gasteiger partial charge in [0.25, 0.3) is 15.9 Å². The fourth-order valence-electron chi connectivity index (χ4n) is 1.85. The molecule has 0 atom stereocenters. The van der Waals surface area contributed by atoms with Crippen molar-refractivity contribution in [2.45, 2.75) is 4.90 Å². The van der Waals surface area contributed by atoms with Crippen molar-refractivity contribution in [3.8, 4) is 0 Å². The number of carbonyl (C=O) groups excluding carboxylic acids is 1. The molecular formula is C15H14Cl2N2O4S. The minimum atomic E-state index is -3.76. The molecule has 0 aromatic heterocycles. The van der Waals surface area contributed by atoms with Gasteiger partial charge in [-0.25, -0.2) is 8.42 Å². The van der Waals surface area contributed by atoms with Crippen LogP contribution in [0.5, 0.6) is 0 Å². The van der Waals surface area contributed by atoms with E-state index in [2.05, 4.69) is 10.2 Å². The summed E-state index contributed by atoms with van der Waals surface area (Å²) in [6.07, 6.45) is 0. The van der Waals surface area contributed by atoms with Crippen LogP contribution in [0.4, 0.5) is 5.69 Å². The summed E-state index contributed by atoms with van der Waals surface area (Å²) in [6.45, 7) is 0. The number of nitrogens with zero attached hydrogens (tertiary/aromatic N) is 1. The highest BCUT2D eigenvalue weighted by molar-refractivity contribution is 7.89. The molecule has 1 amide bonds. The summed E-state index contributed by atoms with van der Waals surface area (Å²) in [7, 11) is -1.23. The fourth-order valence-corrected chi connectivity index (χ4v) is 3.35. The Morgan fingerprint density at radius 1 is 1.08 bits per heavy atom. The summed E-state index contributed by atoms with van der Waals surface area (Å²) < 4.78 is 24.9. The molecule has 0 saturated heterocycles. The Kier molecular flexibility index (Phi) is 5.84. The quantitative estimate of drug-likeness (QED) is 0.796. The molecule has 0 spiro atoms. The van der Waals surface area contributed by atoms with Gasteiger partial charge in [0.15, 0.2) is 0 Å². The number of hydrogen-bond acceptors (Lipinski definition) is 4. The maximum atomic E-state index is 12.2. The van der Waals surface area contributed by atoms with Gasteiger partial charge in [-0.15, -0.1) is 0 Å². The van der Waals surface area contributed by atoms with Crippen LogP contribution in [0.15, 0.2) is 47.4 Å². The second kappa shape index (κ2) is 7.50. The predicted octanol–water partition coefficient (Wildman–Crippen LogP) is 3.43. The minimum Gasteiger partial charge on any atom is -0.322 e. The second-order valence-electron chi connectivity index (χ2n) is 4.73. The molecule has 9 heteroatoms. The van der Waals surface area contributed by atoms with Crippen LogP contribution >= 0.6 is 23.2 Å². The van der Waals surface area contributed by atoms with Crippen molar-refractivity contribution >= 4 is 44.8 Å². The lowest BCUT2D eigenvalue weighted by atomic mass is 10.2. The minimum absolute atomic E-state index is 0.00852. The summed E-state index contributed by atoms with van der Waals surface area (Å²) >= 11 is 11.7. The number of rotatable bonds is 5. The molecule has 0 radical (unpaired) electrons. The van der Waals surface area contributed by atoms with Crippen LogP contribution in [0, 0.1) is 0 Å². The first-order valence-electron chi connectivity index (χ1n) is 6.64. The number of sulfonamides is 1. The smallest absolute Gasteiger partial charge is 0.264 e. The lowest BCUT2D eigenvalue weighted by molar-refractivity contribution is -0.0258. The number of anilines is 1. The molecule has 0 bridgehead atoms. The van der Waals surface area contributed by atoms with E-state index in [1.807, 2.05) is 0 Å². The van der Waals surface area contributed by atoms with E-state index in [1.165, 1.54) is 38.4 Å². The summed E-state index contributed by atoms with van der Waals surface area (Å²) in [5.74, 6) is -0.419. The van der Waals surface area contributed by atoms with E-state index in [1.54, 1.807) is 18.2 Å². The molecule has 0 aliphatic heterocycles. The molecule has 0 fully saturated rings. The Labute approximate surface area is 149 Å². The number of halogens is 2. The lowest BCUT2D eigenvalue weighted by Gasteiger charge is -2.14. The molecule has 0 aliphatic rings. The molecule has 2 aromatic carbocycles. The van der Waals surface area contributed by atoms with Gasteiger partial charge >= 0.3 is 0 Å². The van der Waals surface area contributed by atoms with Crippen LogP contribution in [-0.2, 0) is 14.9 Å². The predicted molar refractivity (Wildman–Crippen MR) is 92.8 cm³/mol. The Morgan fingerprint density at radius 2 is 1.62 bits per heavy atom. The van der Waals surface area contributed by atoms with Gasteiger partial charge in [0, 0.05) is 28.3 Å². The Bertz CT molecular complexity index is 834. The highest BCUT2D eigenvalue weighted by Gasteiger charge is 2.21. The van der Waals surface area contributed by atoms with Gasteiger partial charge in [-0.05, 0) is 42.5 Å². The number of nitrogens with one attached hydrogen (secondary N) is 1. The van der Waals surface area contributed by atoms with Crippen molar-refractivity contribution in [1.29, 1.82) is 0 Å². The van der Waals surface area contributed by atoms with Crippen LogP contribution in [0.1, 0.15) is 10.4 Å². The normalized spacial score (nSPS) is 11.5. The van der Waals surface area contributed by atoms with Gasteiger partial charge in [0.05, 0.1) is 12.0 Å². The van der Waals surface area contributed by atoms with Gasteiger partial charge in [-0.3, -0.25) is 9.63 Å². The van der Waals surface area contributed by atoms with E-state index in [9.17, 15) is 13.2 Å². The SMILES string of the molecule is CON(C)S(=O)(=O)c1ccc(C(=O)Nc2cc(Cl)cc(Cl)c2)cc1.